The zero-order chi connectivity index (χ0) is 14.0. The predicted molar refractivity (Wildman–Crippen MR) is 73.9 cm³/mol. The number of hydrogen-bond acceptors (Lipinski definition) is 4. The van der Waals surface area contributed by atoms with E-state index in [0.717, 1.165) is 24.5 Å². The van der Waals surface area contributed by atoms with E-state index in [4.69, 9.17) is 5.73 Å². The number of nitrogens with zero attached hydrogens (tertiary/aromatic N) is 5. The highest BCUT2D eigenvalue weighted by Gasteiger charge is 2.14. The summed E-state index contributed by atoms with van der Waals surface area (Å²) in [6, 6.07) is 0.148. The van der Waals surface area contributed by atoms with E-state index in [0.29, 0.717) is 6.54 Å². The van der Waals surface area contributed by atoms with E-state index in [1.54, 1.807) is 6.33 Å². The molecule has 0 saturated heterocycles. The van der Waals surface area contributed by atoms with Crippen LogP contribution in [-0.4, -0.2) is 30.6 Å². The second-order valence-electron chi connectivity index (χ2n) is 4.98. The van der Waals surface area contributed by atoms with Crippen molar-refractivity contribution in [3.05, 3.63) is 29.1 Å². The summed E-state index contributed by atoms with van der Waals surface area (Å²) < 4.78 is 3.88. The maximum atomic E-state index is 5.89. The van der Waals surface area contributed by atoms with Gasteiger partial charge in [-0.3, -0.25) is 4.68 Å². The first kappa shape index (κ1) is 13.7. The topological polar surface area (TPSA) is 74.5 Å². The van der Waals surface area contributed by atoms with E-state index in [-0.39, 0.29) is 6.04 Å². The molecule has 0 bridgehead atoms. The molecule has 2 heterocycles. The van der Waals surface area contributed by atoms with E-state index >= 15 is 0 Å². The highest BCUT2D eigenvalue weighted by Crippen LogP contribution is 2.15. The fraction of sp³-hybridized carbons (Fsp3) is 0.615. The zero-order valence-corrected chi connectivity index (χ0v) is 12.1. The minimum atomic E-state index is 0.148. The highest BCUT2D eigenvalue weighted by molar-refractivity contribution is 5.25. The molecular weight excluding hydrogens is 240 g/mol. The normalized spacial score (nSPS) is 12.9. The maximum absolute atomic E-state index is 5.89. The van der Waals surface area contributed by atoms with E-state index in [9.17, 15) is 0 Å². The average Bonchev–Trinajstić information content (AvgIpc) is 2.89. The molecular formula is C13H22N6. The van der Waals surface area contributed by atoms with Crippen LogP contribution in [0.3, 0.4) is 0 Å². The molecule has 0 aliphatic carbocycles. The van der Waals surface area contributed by atoms with Gasteiger partial charge >= 0.3 is 0 Å². The third-order valence-corrected chi connectivity index (χ3v) is 3.34. The van der Waals surface area contributed by atoms with Crippen molar-refractivity contribution in [3.8, 4) is 0 Å². The zero-order valence-electron chi connectivity index (χ0n) is 12.1. The smallest absolute Gasteiger partial charge is 0.148 e. The van der Waals surface area contributed by atoms with Crippen LogP contribution in [0.25, 0.3) is 0 Å². The maximum Gasteiger partial charge on any atom is 0.148 e. The highest BCUT2D eigenvalue weighted by atomic mass is 15.4. The molecule has 2 aromatic heterocycles. The van der Waals surface area contributed by atoms with Crippen LogP contribution in [0.4, 0.5) is 0 Å². The van der Waals surface area contributed by atoms with Crippen LogP contribution >= 0.6 is 0 Å². The fourth-order valence-corrected chi connectivity index (χ4v) is 2.31. The van der Waals surface area contributed by atoms with Gasteiger partial charge in [-0.2, -0.15) is 10.2 Å². The summed E-state index contributed by atoms with van der Waals surface area (Å²) in [6.07, 6.45) is 2.45. The van der Waals surface area contributed by atoms with Gasteiger partial charge in [0.2, 0.25) is 0 Å². The molecule has 0 aromatic carbocycles. The molecule has 0 saturated carbocycles. The van der Waals surface area contributed by atoms with Gasteiger partial charge < -0.3 is 5.73 Å². The SMILES string of the molecule is CCn1ncnc1Cn1nc(C)c(CC(C)N)c1C. The van der Waals surface area contributed by atoms with Crippen molar-refractivity contribution in [2.24, 2.45) is 5.73 Å². The average molecular weight is 262 g/mol. The Balaban J connectivity index is 2.26. The third kappa shape index (κ3) is 2.84. The number of aryl methyl sites for hydroxylation is 2. The number of aromatic nitrogens is 5. The van der Waals surface area contributed by atoms with Crippen LogP contribution in [0.2, 0.25) is 0 Å². The Morgan fingerprint density at radius 2 is 2.05 bits per heavy atom. The molecule has 2 N–H and O–H groups in total. The minimum absolute atomic E-state index is 0.148. The lowest BCUT2D eigenvalue weighted by atomic mass is 10.1. The van der Waals surface area contributed by atoms with Crippen molar-refractivity contribution >= 4 is 0 Å². The summed E-state index contributed by atoms with van der Waals surface area (Å²) in [4.78, 5) is 4.29. The fourth-order valence-electron chi connectivity index (χ4n) is 2.31. The predicted octanol–water partition coefficient (Wildman–Crippen LogP) is 1.05. The molecule has 0 fully saturated rings. The van der Waals surface area contributed by atoms with Gasteiger partial charge in [0.15, 0.2) is 0 Å². The van der Waals surface area contributed by atoms with Gasteiger partial charge in [-0.1, -0.05) is 0 Å². The van der Waals surface area contributed by atoms with Crippen LogP contribution in [0.5, 0.6) is 0 Å². The van der Waals surface area contributed by atoms with Gasteiger partial charge in [0, 0.05) is 18.3 Å². The molecule has 6 nitrogen and oxygen atoms in total. The Morgan fingerprint density at radius 1 is 1.32 bits per heavy atom. The molecule has 104 valence electrons. The molecule has 19 heavy (non-hydrogen) atoms. The first-order valence-corrected chi connectivity index (χ1v) is 6.68. The first-order chi connectivity index (χ1) is 9.02. The van der Waals surface area contributed by atoms with E-state index in [1.807, 2.05) is 23.2 Å². The van der Waals surface area contributed by atoms with Gasteiger partial charge in [0.25, 0.3) is 0 Å². The van der Waals surface area contributed by atoms with Gasteiger partial charge in [-0.25, -0.2) is 9.67 Å². The molecule has 0 radical (unpaired) electrons. The Morgan fingerprint density at radius 3 is 2.68 bits per heavy atom. The van der Waals surface area contributed by atoms with Crippen molar-refractivity contribution < 1.29 is 0 Å². The van der Waals surface area contributed by atoms with Crippen LogP contribution in [0.15, 0.2) is 6.33 Å². The van der Waals surface area contributed by atoms with Gasteiger partial charge in [0.05, 0.1) is 5.69 Å². The largest absolute Gasteiger partial charge is 0.328 e. The Kier molecular flexibility index (Phi) is 3.99. The van der Waals surface area contributed by atoms with Crippen LogP contribution in [0, 0.1) is 13.8 Å². The second-order valence-corrected chi connectivity index (χ2v) is 4.98. The Labute approximate surface area is 113 Å². The van der Waals surface area contributed by atoms with Crippen LogP contribution in [0.1, 0.15) is 36.6 Å². The Hall–Kier alpha value is -1.69. The monoisotopic (exact) mass is 262 g/mol. The molecule has 1 unspecified atom stereocenters. The number of nitrogens with two attached hydrogens (primary N) is 1. The van der Waals surface area contributed by atoms with Crippen molar-refractivity contribution in [2.75, 3.05) is 0 Å². The first-order valence-electron chi connectivity index (χ1n) is 6.68. The quantitative estimate of drug-likeness (QED) is 0.874. The summed E-state index contributed by atoms with van der Waals surface area (Å²) in [5.41, 5.74) is 9.36. The molecule has 2 aromatic rings. The number of rotatable bonds is 5. The van der Waals surface area contributed by atoms with Crippen molar-refractivity contribution in [1.29, 1.82) is 0 Å². The second kappa shape index (κ2) is 5.52. The van der Waals surface area contributed by atoms with Crippen LogP contribution < -0.4 is 5.73 Å². The van der Waals surface area contributed by atoms with E-state index in [1.165, 1.54) is 11.3 Å². The summed E-state index contributed by atoms with van der Waals surface area (Å²) in [5.74, 6) is 0.931. The lowest BCUT2D eigenvalue weighted by Crippen LogP contribution is -2.18. The molecule has 6 heteroatoms. The number of hydrogen-bond donors (Lipinski definition) is 1. The van der Waals surface area contributed by atoms with Gasteiger partial charge in [-0.15, -0.1) is 0 Å². The molecule has 0 aliphatic rings. The summed E-state index contributed by atoms with van der Waals surface area (Å²) in [6.45, 7) is 9.67. The van der Waals surface area contributed by atoms with Crippen molar-refractivity contribution in [2.45, 2.75) is 53.2 Å². The van der Waals surface area contributed by atoms with Crippen molar-refractivity contribution in [1.82, 2.24) is 24.5 Å². The van der Waals surface area contributed by atoms with E-state index in [2.05, 4.69) is 29.0 Å². The molecule has 0 spiro atoms. The summed E-state index contributed by atoms with van der Waals surface area (Å²) >= 11 is 0. The molecule has 2 rings (SSSR count). The third-order valence-electron chi connectivity index (χ3n) is 3.34. The lowest BCUT2D eigenvalue weighted by molar-refractivity contribution is 0.558. The Bertz CT molecular complexity index is 551. The van der Waals surface area contributed by atoms with Crippen molar-refractivity contribution in [3.63, 3.8) is 0 Å². The minimum Gasteiger partial charge on any atom is -0.328 e. The van der Waals surface area contributed by atoms with Gasteiger partial charge in [0.1, 0.15) is 18.7 Å². The summed E-state index contributed by atoms with van der Waals surface area (Å²) in [5, 5.41) is 8.78. The van der Waals surface area contributed by atoms with E-state index < -0.39 is 0 Å². The standard InChI is InChI=1S/C13H22N6/c1-5-18-13(15-8-16-18)7-19-11(4)12(6-9(2)14)10(3)17-19/h8-9H,5-7,14H2,1-4H3. The molecule has 1 atom stereocenters. The van der Waals surface area contributed by atoms with Gasteiger partial charge in [-0.05, 0) is 39.7 Å². The molecule has 0 aliphatic heterocycles. The van der Waals surface area contributed by atoms with Crippen LogP contribution in [-0.2, 0) is 19.5 Å². The summed E-state index contributed by atoms with van der Waals surface area (Å²) in [7, 11) is 0. The lowest BCUT2D eigenvalue weighted by Gasteiger charge is -2.07. The molecule has 0 amide bonds.